The van der Waals surface area contributed by atoms with Crippen LogP contribution in [-0.2, 0) is 6.42 Å². The Hall–Kier alpha value is -1.78. The van der Waals surface area contributed by atoms with Crippen molar-refractivity contribution in [2.45, 2.75) is 19.3 Å². The number of aromatic nitrogens is 1. The molecular weight excluding hydrogens is 352 g/mol. The van der Waals surface area contributed by atoms with Gasteiger partial charge in [0.15, 0.2) is 0 Å². The number of nitrogens with two attached hydrogens (primary N) is 1. The van der Waals surface area contributed by atoms with Gasteiger partial charge in [0, 0.05) is 15.4 Å². The summed E-state index contributed by atoms with van der Waals surface area (Å²) in [6, 6.07) is 14.5. The van der Waals surface area contributed by atoms with Gasteiger partial charge in [0.2, 0.25) is 0 Å². The van der Waals surface area contributed by atoms with Gasteiger partial charge in [-0.05, 0) is 65.5 Å². The number of aryl methyl sites for hydroxylation is 1. The molecule has 3 aromatic rings. The first-order valence-corrected chi connectivity index (χ1v) is 8.68. The van der Waals surface area contributed by atoms with Crippen LogP contribution in [-0.4, -0.2) is 18.6 Å². The summed E-state index contributed by atoms with van der Waals surface area (Å²) < 4.78 is 6.63. The molecule has 0 atom stereocenters. The Morgan fingerprint density at radius 1 is 1.09 bits per heavy atom. The number of ether oxygens (including phenoxy) is 1. The van der Waals surface area contributed by atoms with Crippen LogP contribution in [0.4, 0.5) is 0 Å². The molecule has 23 heavy (non-hydrogen) atoms. The summed E-state index contributed by atoms with van der Waals surface area (Å²) >= 11 is 3.65. The molecule has 0 fully saturated rings. The average molecular weight is 373 g/mol. The van der Waals surface area contributed by atoms with Crippen molar-refractivity contribution in [2.24, 2.45) is 5.73 Å². The van der Waals surface area contributed by atoms with Crippen LogP contribution in [0.25, 0.3) is 22.2 Å². The van der Waals surface area contributed by atoms with Crippen LogP contribution in [0.15, 0.2) is 46.9 Å². The zero-order chi connectivity index (χ0) is 16.2. The molecule has 2 aromatic carbocycles. The molecule has 0 saturated carbocycles. The molecule has 0 spiro atoms. The van der Waals surface area contributed by atoms with E-state index in [1.54, 1.807) is 7.11 Å². The average Bonchev–Trinajstić information content (AvgIpc) is 2.95. The van der Waals surface area contributed by atoms with Crippen LogP contribution in [0, 0.1) is 0 Å². The van der Waals surface area contributed by atoms with E-state index in [4.69, 9.17) is 10.5 Å². The summed E-state index contributed by atoms with van der Waals surface area (Å²) in [5.41, 5.74) is 10.4. The van der Waals surface area contributed by atoms with E-state index in [0.29, 0.717) is 0 Å². The molecule has 0 aliphatic carbocycles. The molecule has 0 aliphatic rings. The van der Waals surface area contributed by atoms with Crippen LogP contribution in [0.2, 0.25) is 0 Å². The first-order valence-electron chi connectivity index (χ1n) is 7.88. The normalized spacial score (nSPS) is 11.1. The maximum absolute atomic E-state index is 5.66. The molecule has 4 heteroatoms. The van der Waals surface area contributed by atoms with E-state index >= 15 is 0 Å². The number of unbranched alkanes of at least 4 members (excludes halogenated alkanes) is 1. The molecule has 0 bridgehead atoms. The molecule has 120 valence electrons. The number of nitrogens with one attached hydrogen (secondary N) is 1. The highest BCUT2D eigenvalue weighted by molar-refractivity contribution is 9.10. The second kappa shape index (κ2) is 7.20. The van der Waals surface area contributed by atoms with Crippen molar-refractivity contribution in [3.8, 4) is 17.0 Å². The zero-order valence-electron chi connectivity index (χ0n) is 13.2. The molecule has 3 N–H and O–H groups in total. The van der Waals surface area contributed by atoms with Gasteiger partial charge in [0.1, 0.15) is 5.75 Å². The summed E-state index contributed by atoms with van der Waals surface area (Å²) in [7, 11) is 1.71. The smallest absolute Gasteiger partial charge is 0.128 e. The van der Waals surface area contributed by atoms with E-state index in [9.17, 15) is 0 Å². The monoisotopic (exact) mass is 372 g/mol. The van der Waals surface area contributed by atoms with Crippen molar-refractivity contribution in [1.82, 2.24) is 4.98 Å². The quantitative estimate of drug-likeness (QED) is 0.605. The summed E-state index contributed by atoms with van der Waals surface area (Å²) in [5, 5.41) is 1.26. The SMILES string of the molecule is COc1ccccc1-c1[nH]c2c(Br)cccc2c1CCCCN. The third kappa shape index (κ3) is 3.14. The number of hydrogen-bond acceptors (Lipinski definition) is 2. The Bertz CT molecular complexity index is 810. The summed E-state index contributed by atoms with van der Waals surface area (Å²) in [6.45, 7) is 0.732. The summed E-state index contributed by atoms with van der Waals surface area (Å²) in [6.07, 6.45) is 3.12. The summed E-state index contributed by atoms with van der Waals surface area (Å²) in [5.74, 6) is 0.884. The standard InChI is InChI=1S/C19H21BrN2O/c1-23-17-11-3-2-8-15(17)18-13(7-4-5-12-21)14-9-6-10-16(20)19(14)22-18/h2-3,6,8-11,22H,4-5,7,12,21H2,1H3. The van der Waals surface area contributed by atoms with Crippen LogP contribution in [0.3, 0.4) is 0 Å². The van der Waals surface area contributed by atoms with E-state index in [2.05, 4.69) is 45.2 Å². The van der Waals surface area contributed by atoms with Gasteiger partial charge in [0.25, 0.3) is 0 Å². The van der Waals surface area contributed by atoms with Gasteiger partial charge in [-0.3, -0.25) is 0 Å². The highest BCUT2D eigenvalue weighted by Crippen LogP contribution is 2.38. The minimum Gasteiger partial charge on any atom is -0.496 e. The van der Waals surface area contributed by atoms with Gasteiger partial charge in [-0.15, -0.1) is 0 Å². The van der Waals surface area contributed by atoms with Gasteiger partial charge in [-0.1, -0.05) is 24.3 Å². The second-order valence-corrected chi connectivity index (χ2v) is 6.44. The molecular formula is C19H21BrN2O. The fourth-order valence-electron chi connectivity index (χ4n) is 3.02. The van der Waals surface area contributed by atoms with E-state index in [1.165, 1.54) is 10.9 Å². The molecule has 0 amide bonds. The van der Waals surface area contributed by atoms with Crippen LogP contribution < -0.4 is 10.5 Å². The van der Waals surface area contributed by atoms with Crippen LogP contribution >= 0.6 is 15.9 Å². The van der Waals surface area contributed by atoms with Crippen LogP contribution in [0.1, 0.15) is 18.4 Å². The number of H-pyrrole nitrogens is 1. The fourth-order valence-corrected chi connectivity index (χ4v) is 3.49. The van der Waals surface area contributed by atoms with E-state index in [0.717, 1.165) is 52.8 Å². The predicted octanol–water partition coefficient (Wildman–Crippen LogP) is 4.89. The van der Waals surface area contributed by atoms with Crippen molar-refractivity contribution in [1.29, 1.82) is 0 Å². The molecule has 0 saturated heterocycles. The number of hydrogen-bond donors (Lipinski definition) is 2. The van der Waals surface area contributed by atoms with Gasteiger partial charge in [0.05, 0.1) is 18.3 Å². The lowest BCUT2D eigenvalue weighted by molar-refractivity contribution is 0.416. The molecule has 3 nitrogen and oxygen atoms in total. The van der Waals surface area contributed by atoms with Crippen molar-refractivity contribution >= 4 is 26.8 Å². The third-order valence-electron chi connectivity index (χ3n) is 4.15. The van der Waals surface area contributed by atoms with E-state index < -0.39 is 0 Å². The maximum atomic E-state index is 5.66. The predicted molar refractivity (Wildman–Crippen MR) is 100.0 cm³/mol. The molecule has 0 radical (unpaired) electrons. The number of halogens is 1. The van der Waals surface area contributed by atoms with Crippen molar-refractivity contribution in [3.63, 3.8) is 0 Å². The Kier molecular flexibility index (Phi) is 5.03. The van der Waals surface area contributed by atoms with Crippen molar-refractivity contribution in [3.05, 3.63) is 52.5 Å². The highest BCUT2D eigenvalue weighted by Gasteiger charge is 2.16. The molecule has 1 aromatic heterocycles. The number of aromatic amines is 1. The number of para-hydroxylation sites is 2. The molecule has 0 aliphatic heterocycles. The van der Waals surface area contributed by atoms with Crippen LogP contribution in [0.5, 0.6) is 5.75 Å². The third-order valence-corrected chi connectivity index (χ3v) is 4.81. The first kappa shape index (κ1) is 16.1. The molecule has 0 unspecified atom stereocenters. The van der Waals surface area contributed by atoms with E-state index in [-0.39, 0.29) is 0 Å². The maximum Gasteiger partial charge on any atom is 0.128 e. The minimum absolute atomic E-state index is 0.732. The minimum atomic E-state index is 0.732. The fraction of sp³-hybridized carbons (Fsp3) is 0.263. The Balaban J connectivity index is 2.18. The zero-order valence-corrected chi connectivity index (χ0v) is 14.8. The van der Waals surface area contributed by atoms with Crippen molar-refractivity contribution < 1.29 is 4.74 Å². The van der Waals surface area contributed by atoms with Gasteiger partial charge >= 0.3 is 0 Å². The Morgan fingerprint density at radius 2 is 1.91 bits per heavy atom. The number of fused-ring (bicyclic) bond motifs is 1. The lowest BCUT2D eigenvalue weighted by Gasteiger charge is -2.09. The lowest BCUT2D eigenvalue weighted by atomic mass is 10.00. The highest BCUT2D eigenvalue weighted by atomic mass is 79.9. The van der Waals surface area contributed by atoms with Crippen molar-refractivity contribution in [2.75, 3.05) is 13.7 Å². The number of rotatable bonds is 6. The largest absolute Gasteiger partial charge is 0.496 e. The summed E-state index contributed by atoms with van der Waals surface area (Å²) in [4.78, 5) is 3.59. The molecule has 1 heterocycles. The Morgan fingerprint density at radius 3 is 2.70 bits per heavy atom. The lowest BCUT2D eigenvalue weighted by Crippen LogP contribution is -1.99. The van der Waals surface area contributed by atoms with E-state index in [1.807, 2.05) is 18.2 Å². The topological polar surface area (TPSA) is 51.0 Å². The second-order valence-electron chi connectivity index (χ2n) is 5.59. The first-order chi connectivity index (χ1) is 11.3. The Labute approximate surface area is 145 Å². The van der Waals surface area contributed by atoms with Gasteiger partial charge in [-0.2, -0.15) is 0 Å². The number of methoxy groups -OCH3 is 1. The van der Waals surface area contributed by atoms with Gasteiger partial charge < -0.3 is 15.5 Å². The van der Waals surface area contributed by atoms with Gasteiger partial charge in [-0.25, -0.2) is 0 Å². The molecule has 3 rings (SSSR count). The number of benzene rings is 2.